The molecule has 0 bridgehead atoms. The van der Waals surface area contributed by atoms with E-state index in [0.29, 0.717) is 17.9 Å². The fraction of sp³-hybridized carbons (Fsp3) is 0.400. The number of hydrogen-bond donors (Lipinski definition) is 4. The van der Waals surface area contributed by atoms with E-state index in [2.05, 4.69) is 33.0 Å². The van der Waals surface area contributed by atoms with Crippen molar-refractivity contribution in [3.8, 4) is 5.75 Å². The minimum absolute atomic E-state index is 0.0385. The standard InChI is InChI=1S/C20H26N6O5/c1-2-3-4-7-12-31-16-9-6-5-8-14(16)15(27)13-22-24-17(28)10-11-21-18-19(29)23-20(30)26-25-18/h5-6,8-9,13H,2-4,7,10-12H2,1H3,(H,21,25)(H,24,28)(H2,23,26,29,30)/b22-13+. The Morgan fingerprint density at radius 1 is 1.19 bits per heavy atom. The van der Waals surface area contributed by atoms with Crippen LogP contribution in [0.25, 0.3) is 0 Å². The van der Waals surface area contributed by atoms with Crippen LogP contribution in [0.2, 0.25) is 0 Å². The number of hydrogen-bond acceptors (Lipinski definition) is 8. The number of nitrogens with zero attached hydrogens (tertiary/aromatic N) is 2. The zero-order valence-corrected chi connectivity index (χ0v) is 17.3. The Labute approximate surface area is 178 Å². The summed E-state index contributed by atoms with van der Waals surface area (Å²) >= 11 is 0. The third kappa shape index (κ3) is 8.25. The van der Waals surface area contributed by atoms with Crippen molar-refractivity contribution < 1.29 is 14.3 Å². The predicted molar refractivity (Wildman–Crippen MR) is 116 cm³/mol. The van der Waals surface area contributed by atoms with E-state index in [1.54, 1.807) is 24.3 Å². The Bertz CT molecular complexity index is 1010. The van der Waals surface area contributed by atoms with Crippen molar-refractivity contribution in [2.45, 2.75) is 39.0 Å². The monoisotopic (exact) mass is 430 g/mol. The van der Waals surface area contributed by atoms with Crippen LogP contribution in [0.5, 0.6) is 5.75 Å². The van der Waals surface area contributed by atoms with Crippen LogP contribution in [0.4, 0.5) is 5.82 Å². The first kappa shape index (κ1) is 23.5. The van der Waals surface area contributed by atoms with Gasteiger partial charge in [-0.25, -0.2) is 15.3 Å². The number of hydrazone groups is 1. The van der Waals surface area contributed by atoms with E-state index < -0.39 is 22.9 Å². The van der Waals surface area contributed by atoms with Crippen LogP contribution < -0.4 is 26.7 Å². The second kappa shape index (κ2) is 12.7. The predicted octanol–water partition coefficient (Wildman–Crippen LogP) is 1.20. The quantitative estimate of drug-likeness (QED) is 0.161. The van der Waals surface area contributed by atoms with Gasteiger partial charge in [0.25, 0.3) is 5.56 Å². The van der Waals surface area contributed by atoms with Crippen molar-refractivity contribution in [1.29, 1.82) is 0 Å². The molecule has 0 aliphatic rings. The summed E-state index contributed by atoms with van der Waals surface area (Å²) < 4.78 is 5.71. The van der Waals surface area contributed by atoms with Crippen LogP contribution in [0.15, 0.2) is 39.0 Å². The zero-order valence-electron chi connectivity index (χ0n) is 17.3. The number of nitrogens with one attached hydrogen (secondary N) is 4. The molecular formula is C20H26N6O5. The van der Waals surface area contributed by atoms with Gasteiger partial charge in [0.2, 0.25) is 17.5 Å². The van der Waals surface area contributed by atoms with Gasteiger partial charge in [0.05, 0.1) is 18.4 Å². The Kier molecular flexibility index (Phi) is 9.66. The lowest BCUT2D eigenvalue weighted by molar-refractivity contribution is -0.120. The summed E-state index contributed by atoms with van der Waals surface area (Å²) in [6.07, 6.45) is 5.23. The first-order valence-electron chi connectivity index (χ1n) is 10.0. The second-order valence-corrected chi connectivity index (χ2v) is 6.59. The summed E-state index contributed by atoms with van der Waals surface area (Å²) in [4.78, 5) is 48.6. The number of aromatic amines is 2. The summed E-state index contributed by atoms with van der Waals surface area (Å²) in [5.74, 6) is -0.508. The smallest absolute Gasteiger partial charge is 0.342 e. The van der Waals surface area contributed by atoms with Crippen LogP contribution in [0.1, 0.15) is 49.4 Å². The molecular weight excluding hydrogens is 404 g/mol. The molecule has 0 radical (unpaired) electrons. The SMILES string of the molecule is CCCCCCOc1ccccc1C(=O)/C=N/NC(=O)CCNc1n[nH]c(=O)[nH]c1=O. The van der Waals surface area contributed by atoms with E-state index in [0.717, 1.165) is 31.9 Å². The molecule has 2 aromatic rings. The molecule has 0 atom stereocenters. The number of ketones is 1. The summed E-state index contributed by atoms with van der Waals surface area (Å²) in [5, 5.41) is 11.9. The van der Waals surface area contributed by atoms with Gasteiger partial charge >= 0.3 is 5.69 Å². The van der Waals surface area contributed by atoms with Gasteiger partial charge in [-0.05, 0) is 18.6 Å². The molecule has 1 amide bonds. The van der Waals surface area contributed by atoms with Gasteiger partial charge in [-0.15, -0.1) is 5.10 Å². The van der Waals surface area contributed by atoms with E-state index >= 15 is 0 Å². The molecule has 166 valence electrons. The Balaban J connectivity index is 1.79. The topological polar surface area (TPSA) is 158 Å². The van der Waals surface area contributed by atoms with Gasteiger partial charge in [-0.3, -0.25) is 19.4 Å². The average molecular weight is 430 g/mol. The highest BCUT2D eigenvalue weighted by atomic mass is 16.5. The van der Waals surface area contributed by atoms with Gasteiger partial charge in [0, 0.05) is 13.0 Å². The lowest BCUT2D eigenvalue weighted by Crippen LogP contribution is -2.28. The number of carbonyl (C=O) groups excluding carboxylic acids is 2. The van der Waals surface area contributed by atoms with Crippen molar-refractivity contribution in [2.24, 2.45) is 5.10 Å². The third-order valence-electron chi connectivity index (χ3n) is 4.13. The summed E-state index contributed by atoms with van der Waals surface area (Å²) in [6, 6.07) is 6.86. The van der Waals surface area contributed by atoms with Crippen LogP contribution >= 0.6 is 0 Å². The number of carbonyl (C=O) groups is 2. The minimum Gasteiger partial charge on any atom is -0.493 e. The van der Waals surface area contributed by atoms with Crippen molar-refractivity contribution in [1.82, 2.24) is 20.6 Å². The van der Waals surface area contributed by atoms with Crippen molar-refractivity contribution in [3.63, 3.8) is 0 Å². The average Bonchev–Trinajstić information content (AvgIpc) is 2.75. The molecule has 0 aliphatic carbocycles. The molecule has 0 saturated heterocycles. The summed E-state index contributed by atoms with van der Waals surface area (Å²) in [7, 11) is 0. The van der Waals surface area contributed by atoms with Crippen LogP contribution in [-0.4, -0.2) is 46.2 Å². The number of para-hydroxylation sites is 1. The molecule has 1 heterocycles. The van der Waals surface area contributed by atoms with Gasteiger partial charge in [0.15, 0.2) is 0 Å². The number of rotatable bonds is 13. The van der Waals surface area contributed by atoms with Crippen molar-refractivity contribution in [2.75, 3.05) is 18.5 Å². The molecule has 1 aromatic heterocycles. The maximum Gasteiger partial charge on any atom is 0.342 e. The minimum atomic E-state index is -0.726. The number of benzene rings is 1. The number of unbranched alkanes of at least 4 members (excludes halogenated alkanes) is 3. The highest BCUT2D eigenvalue weighted by Gasteiger charge is 2.10. The maximum atomic E-state index is 12.4. The fourth-order valence-electron chi connectivity index (χ4n) is 2.56. The van der Waals surface area contributed by atoms with Gasteiger partial charge in [-0.1, -0.05) is 38.3 Å². The largest absolute Gasteiger partial charge is 0.493 e. The first-order valence-corrected chi connectivity index (χ1v) is 10.0. The molecule has 11 nitrogen and oxygen atoms in total. The first-order chi connectivity index (χ1) is 15.0. The van der Waals surface area contributed by atoms with Crippen molar-refractivity contribution >= 4 is 23.7 Å². The van der Waals surface area contributed by atoms with Gasteiger partial charge < -0.3 is 10.1 Å². The van der Waals surface area contributed by atoms with E-state index in [9.17, 15) is 19.2 Å². The highest BCUT2D eigenvalue weighted by molar-refractivity contribution is 6.36. The number of amides is 1. The van der Waals surface area contributed by atoms with Gasteiger partial charge in [-0.2, -0.15) is 5.10 Å². The van der Waals surface area contributed by atoms with E-state index in [-0.39, 0.29) is 18.8 Å². The van der Waals surface area contributed by atoms with E-state index in [1.807, 2.05) is 4.98 Å². The Hall–Kier alpha value is -3.76. The number of H-pyrrole nitrogens is 2. The third-order valence-corrected chi connectivity index (χ3v) is 4.13. The molecule has 4 N–H and O–H groups in total. The van der Waals surface area contributed by atoms with Gasteiger partial charge in [0.1, 0.15) is 5.75 Å². The normalized spacial score (nSPS) is 10.7. The lowest BCUT2D eigenvalue weighted by atomic mass is 10.1. The zero-order chi connectivity index (χ0) is 22.5. The number of anilines is 1. The van der Waals surface area contributed by atoms with E-state index in [4.69, 9.17) is 4.74 Å². The van der Waals surface area contributed by atoms with Crippen molar-refractivity contribution in [3.05, 3.63) is 50.7 Å². The molecule has 1 aromatic carbocycles. The molecule has 0 fully saturated rings. The van der Waals surface area contributed by atoms with Crippen LogP contribution in [0.3, 0.4) is 0 Å². The Morgan fingerprint density at radius 2 is 2.00 bits per heavy atom. The fourth-order valence-corrected chi connectivity index (χ4v) is 2.56. The second-order valence-electron chi connectivity index (χ2n) is 6.59. The summed E-state index contributed by atoms with van der Waals surface area (Å²) in [6.45, 7) is 2.73. The maximum absolute atomic E-state index is 12.4. The number of aromatic nitrogens is 3. The molecule has 0 aliphatic heterocycles. The van der Waals surface area contributed by atoms with Crippen LogP contribution in [0, 0.1) is 0 Å². The molecule has 0 unspecified atom stereocenters. The molecule has 31 heavy (non-hydrogen) atoms. The number of Topliss-reactive ketones (excluding diaryl/α,β-unsaturated/α-hetero) is 1. The number of ether oxygens (including phenoxy) is 1. The molecule has 0 spiro atoms. The van der Waals surface area contributed by atoms with Crippen LogP contribution in [-0.2, 0) is 4.79 Å². The highest BCUT2D eigenvalue weighted by Crippen LogP contribution is 2.18. The molecule has 2 rings (SSSR count). The Morgan fingerprint density at radius 3 is 2.77 bits per heavy atom. The van der Waals surface area contributed by atoms with E-state index in [1.165, 1.54) is 0 Å². The molecule has 0 saturated carbocycles. The lowest BCUT2D eigenvalue weighted by Gasteiger charge is -2.09. The molecule has 11 heteroatoms. The summed E-state index contributed by atoms with van der Waals surface area (Å²) in [5.41, 5.74) is 1.18.